The van der Waals surface area contributed by atoms with Gasteiger partial charge >= 0.3 is 5.97 Å². The first-order valence-electron chi connectivity index (χ1n) is 6.26. The van der Waals surface area contributed by atoms with Gasteiger partial charge in [-0.1, -0.05) is 12.1 Å². The first-order valence-corrected chi connectivity index (χ1v) is 6.26. The first kappa shape index (κ1) is 14.5. The number of benzene rings is 1. The number of carbonyl (C=O) groups excluding carboxylic acids is 2. The van der Waals surface area contributed by atoms with Gasteiger partial charge in [-0.15, -0.1) is 0 Å². The Labute approximate surface area is 122 Å². The summed E-state index contributed by atoms with van der Waals surface area (Å²) in [6.45, 7) is 0. The minimum atomic E-state index is -0.447. The van der Waals surface area contributed by atoms with Crippen molar-refractivity contribution < 1.29 is 14.3 Å². The van der Waals surface area contributed by atoms with Gasteiger partial charge in [0.15, 0.2) is 0 Å². The molecule has 0 bridgehead atoms. The van der Waals surface area contributed by atoms with Crippen LogP contribution in [0.5, 0.6) is 0 Å². The van der Waals surface area contributed by atoms with Crippen molar-refractivity contribution in [3.63, 3.8) is 0 Å². The van der Waals surface area contributed by atoms with Gasteiger partial charge in [-0.3, -0.25) is 9.78 Å². The van der Waals surface area contributed by atoms with Crippen molar-refractivity contribution in [2.45, 2.75) is 0 Å². The van der Waals surface area contributed by atoms with Crippen LogP contribution in [0.1, 0.15) is 15.9 Å². The third kappa shape index (κ3) is 4.28. The highest BCUT2D eigenvalue weighted by Gasteiger charge is 2.06. The number of ether oxygens (including phenoxy) is 1. The van der Waals surface area contributed by atoms with E-state index in [4.69, 9.17) is 0 Å². The number of aromatic nitrogens is 1. The molecule has 0 unspecified atom stereocenters. The Balaban J connectivity index is 2.03. The van der Waals surface area contributed by atoms with E-state index in [0.717, 1.165) is 5.56 Å². The molecule has 0 saturated heterocycles. The summed E-state index contributed by atoms with van der Waals surface area (Å²) in [5.74, 6) is -0.738. The van der Waals surface area contributed by atoms with Crippen molar-refractivity contribution in [1.29, 1.82) is 0 Å². The predicted octanol–water partition coefficient (Wildman–Crippen LogP) is 2.52. The van der Waals surface area contributed by atoms with Gasteiger partial charge in [0.1, 0.15) is 0 Å². The maximum atomic E-state index is 11.8. The van der Waals surface area contributed by atoms with Crippen LogP contribution < -0.4 is 5.32 Å². The molecule has 0 aliphatic rings. The van der Waals surface area contributed by atoms with Gasteiger partial charge in [0.2, 0.25) is 5.91 Å². The molecule has 1 amide bonds. The van der Waals surface area contributed by atoms with E-state index in [0.29, 0.717) is 11.3 Å². The second-order valence-electron chi connectivity index (χ2n) is 4.18. The van der Waals surface area contributed by atoms with Crippen molar-refractivity contribution in [1.82, 2.24) is 4.98 Å². The summed E-state index contributed by atoms with van der Waals surface area (Å²) in [5.41, 5.74) is 1.74. The summed E-state index contributed by atoms with van der Waals surface area (Å²) in [6, 6.07) is 10.2. The number of hydrogen-bond donors (Lipinski definition) is 1. The third-order valence-electron chi connectivity index (χ3n) is 2.66. The Morgan fingerprint density at radius 3 is 2.81 bits per heavy atom. The minimum Gasteiger partial charge on any atom is -0.465 e. The Morgan fingerprint density at radius 1 is 1.24 bits per heavy atom. The zero-order valence-electron chi connectivity index (χ0n) is 11.4. The average Bonchev–Trinajstić information content (AvgIpc) is 2.53. The van der Waals surface area contributed by atoms with E-state index in [1.165, 1.54) is 13.2 Å². The molecule has 0 radical (unpaired) electrons. The molecule has 2 rings (SSSR count). The SMILES string of the molecule is COC(=O)c1cccc(NC(=O)C=Cc2cccnc2)c1. The summed E-state index contributed by atoms with van der Waals surface area (Å²) in [7, 11) is 1.31. The molecule has 1 aromatic heterocycles. The lowest BCUT2D eigenvalue weighted by Gasteiger charge is -2.04. The van der Waals surface area contributed by atoms with Crippen LogP contribution in [0.4, 0.5) is 5.69 Å². The first-order chi connectivity index (χ1) is 10.2. The van der Waals surface area contributed by atoms with E-state index in [2.05, 4.69) is 15.0 Å². The summed E-state index contributed by atoms with van der Waals surface area (Å²) in [4.78, 5) is 27.2. The number of amides is 1. The number of nitrogens with zero attached hydrogens (tertiary/aromatic N) is 1. The number of esters is 1. The van der Waals surface area contributed by atoms with Crippen LogP contribution >= 0.6 is 0 Å². The normalized spacial score (nSPS) is 10.3. The van der Waals surface area contributed by atoms with Gasteiger partial charge in [0.25, 0.3) is 0 Å². The summed E-state index contributed by atoms with van der Waals surface area (Å²) < 4.78 is 4.63. The number of methoxy groups -OCH3 is 1. The molecule has 0 atom stereocenters. The molecule has 21 heavy (non-hydrogen) atoms. The second kappa shape index (κ2) is 7.00. The van der Waals surface area contributed by atoms with E-state index in [9.17, 15) is 9.59 Å². The molecule has 0 fully saturated rings. The highest BCUT2D eigenvalue weighted by molar-refractivity contribution is 6.02. The fourth-order valence-electron chi connectivity index (χ4n) is 1.67. The van der Waals surface area contributed by atoms with Crippen LogP contribution in [0, 0.1) is 0 Å². The number of carbonyl (C=O) groups is 2. The van der Waals surface area contributed by atoms with Gasteiger partial charge in [0, 0.05) is 24.2 Å². The molecule has 1 N–H and O–H groups in total. The van der Waals surface area contributed by atoms with E-state index >= 15 is 0 Å². The van der Waals surface area contributed by atoms with Crippen LogP contribution in [0.25, 0.3) is 6.08 Å². The van der Waals surface area contributed by atoms with Crippen molar-refractivity contribution >= 4 is 23.6 Å². The number of nitrogens with one attached hydrogen (secondary N) is 1. The lowest BCUT2D eigenvalue weighted by molar-refractivity contribution is -0.111. The summed E-state index contributed by atoms with van der Waals surface area (Å²) >= 11 is 0. The number of pyridine rings is 1. The zero-order valence-corrected chi connectivity index (χ0v) is 11.4. The van der Waals surface area contributed by atoms with Crippen LogP contribution in [-0.4, -0.2) is 24.0 Å². The lowest BCUT2D eigenvalue weighted by atomic mass is 10.2. The fraction of sp³-hybridized carbons (Fsp3) is 0.0625. The Kier molecular flexibility index (Phi) is 4.82. The van der Waals surface area contributed by atoms with Crippen LogP contribution in [0.15, 0.2) is 54.9 Å². The Morgan fingerprint density at radius 2 is 2.10 bits per heavy atom. The molecule has 5 nitrogen and oxygen atoms in total. The van der Waals surface area contributed by atoms with E-state index in [1.54, 1.807) is 48.8 Å². The number of rotatable bonds is 4. The minimum absolute atomic E-state index is 0.291. The number of hydrogen-bond acceptors (Lipinski definition) is 4. The van der Waals surface area contributed by atoms with E-state index < -0.39 is 5.97 Å². The van der Waals surface area contributed by atoms with Crippen molar-refractivity contribution in [3.8, 4) is 0 Å². The topological polar surface area (TPSA) is 68.3 Å². The molecule has 0 aliphatic carbocycles. The molecule has 0 spiro atoms. The molecule has 1 aromatic carbocycles. The van der Waals surface area contributed by atoms with Gasteiger partial charge in [0.05, 0.1) is 12.7 Å². The molecular weight excluding hydrogens is 268 g/mol. The van der Waals surface area contributed by atoms with Gasteiger partial charge in [-0.25, -0.2) is 4.79 Å². The predicted molar refractivity (Wildman–Crippen MR) is 79.7 cm³/mol. The zero-order chi connectivity index (χ0) is 15.1. The van der Waals surface area contributed by atoms with Crippen molar-refractivity contribution in [3.05, 3.63) is 66.0 Å². The Bertz CT molecular complexity index is 666. The highest BCUT2D eigenvalue weighted by atomic mass is 16.5. The smallest absolute Gasteiger partial charge is 0.337 e. The lowest BCUT2D eigenvalue weighted by Crippen LogP contribution is -2.09. The third-order valence-corrected chi connectivity index (χ3v) is 2.66. The van der Waals surface area contributed by atoms with Gasteiger partial charge in [-0.05, 0) is 35.9 Å². The van der Waals surface area contributed by atoms with Crippen molar-refractivity contribution in [2.75, 3.05) is 12.4 Å². The maximum absolute atomic E-state index is 11.8. The molecule has 0 aliphatic heterocycles. The van der Waals surface area contributed by atoms with Gasteiger partial charge in [-0.2, -0.15) is 0 Å². The molecule has 0 saturated carbocycles. The summed E-state index contributed by atoms with van der Waals surface area (Å²) in [6.07, 6.45) is 6.38. The molecule has 5 heteroatoms. The monoisotopic (exact) mass is 282 g/mol. The van der Waals surface area contributed by atoms with E-state index in [1.807, 2.05) is 6.07 Å². The summed E-state index contributed by atoms with van der Waals surface area (Å²) in [5, 5.41) is 2.68. The highest BCUT2D eigenvalue weighted by Crippen LogP contribution is 2.11. The quantitative estimate of drug-likeness (QED) is 0.691. The average molecular weight is 282 g/mol. The maximum Gasteiger partial charge on any atom is 0.337 e. The molecular formula is C16H14N2O3. The molecule has 2 aromatic rings. The van der Waals surface area contributed by atoms with Crippen LogP contribution in [0.2, 0.25) is 0 Å². The molecule has 1 heterocycles. The standard InChI is InChI=1S/C16H14N2O3/c1-21-16(20)13-5-2-6-14(10-13)18-15(19)8-7-12-4-3-9-17-11-12/h2-11H,1H3,(H,18,19). The second-order valence-corrected chi connectivity index (χ2v) is 4.18. The largest absolute Gasteiger partial charge is 0.465 e. The van der Waals surface area contributed by atoms with Crippen LogP contribution in [-0.2, 0) is 9.53 Å². The van der Waals surface area contributed by atoms with Crippen molar-refractivity contribution in [2.24, 2.45) is 0 Å². The molecule has 106 valence electrons. The number of anilines is 1. The Hall–Kier alpha value is -2.95. The fourth-order valence-corrected chi connectivity index (χ4v) is 1.67. The van der Waals surface area contributed by atoms with Crippen LogP contribution in [0.3, 0.4) is 0 Å². The van der Waals surface area contributed by atoms with E-state index in [-0.39, 0.29) is 5.91 Å². The van der Waals surface area contributed by atoms with Gasteiger partial charge < -0.3 is 10.1 Å².